The molecule has 5 heteroatoms. The van der Waals surface area contributed by atoms with Crippen LogP contribution in [-0.2, 0) is 5.41 Å². The Morgan fingerprint density at radius 3 is 2.67 bits per heavy atom. The third kappa shape index (κ3) is 1.77. The molecule has 1 aromatic carbocycles. The molecule has 1 aromatic rings. The van der Waals surface area contributed by atoms with Gasteiger partial charge in [0.15, 0.2) is 0 Å². The third-order valence-corrected chi connectivity index (χ3v) is 4.05. The van der Waals surface area contributed by atoms with Crippen molar-refractivity contribution in [2.75, 3.05) is 0 Å². The Morgan fingerprint density at radius 2 is 2.20 bits per heavy atom. The summed E-state index contributed by atoms with van der Waals surface area (Å²) in [5, 5.41) is 17.1. The number of hydrogen-bond donors (Lipinski definition) is 3. The number of rotatable bonds is 2. The average Bonchev–Trinajstić information content (AvgIpc) is 3.02. The van der Waals surface area contributed by atoms with Gasteiger partial charge in [-0.2, -0.15) is 0 Å². The summed E-state index contributed by atoms with van der Waals surface area (Å²) in [6, 6.07) is 5.63. The molecule has 0 aliphatic heterocycles. The second-order valence-electron chi connectivity index (χ2n) is 3.70. The molecule has 80 valence electrons. The van der Waals surface area contributed by atoms with Gasteiger partial charge in [0.1, 0.15) is 5.84 Å². The van der Waals surface area contributed by atoms with Crippen LogP contribution < -0.4 is 5.48 Å². The van der Waals surface area contributed by atoms with Gasteiger partial charge >= 0.3 is 0 Å². The van der Waals surface area contributed by atoms with Gasteiger partial charge in [0.05, 0.1) is 10.4 Å². The Kier molecular flexibility index (Phi) is 2.75. The van der Waals surface area contributed by atoms with E-state index in [0.29, 0.717) is 5.02 Å². The van der Waals surface area contributed by atoms with Gasteiger partial charge in [-0.3, -0.25) is 16.1 Å². The molecule has 1 fully saturated rings. The van der Waals surface area contributed by atoms with Gasteiger partial charge in [-0.25, -0.2) is 0 Å². The fourth-order valence-electron chi connectivity index (χ4n) is 1.71. The van der Waals surface area contributed by atoms with Crippen LogP contribution in [0.4, 0.5) is 0 Å². The van der Waals surface area contributed by atoms with Crippen LogP contribution in [0.5, 0.6) is 0 Å². The van der Waals surface area contributed by atoms with E-state index in [2.05, 4.69) is 15.9 Å². The quantitative estimate of drug-likeness (QED) is 0.445. The van der Waals surface area contributed by atoms with E-state index in [0.717, 1.165) is 22.9 Å². The fraction of sp³-hybridized carbons (Fsp3) is 0.300. The summed E-state index contributed by atoms with van der Waals surface area (Å²) in [5.74, 6) is 0.140. The monoisotopic (exact) mass is 288 g/mol. The van der Waals surface area contributed by atoms with Gasteiger partial charge in [-0.1, -0.05) is 17.7 Å². The molecule has 0 heterocycles. The first kappa shape index (κ1) is 10.9. The van der Waals surface area contributed by atoms with E-state index in [1.54, 1.807) is 0 Å². The molecule has 0 radical (unpaired) electrons. The van der Waals surface area contributed by atoms with Crippen molar-refractivity contribution in [3.05, 3.63) is 33.3 Å². The zero-order chi connectivity index (χ0) is 11.1. The highest BCUT2D eigenvalue weighted by atomic mass is 79.9. The molecule has 0 aromatic heterocycles. The summed E-state index contributed by atoms with van der Waals surface area (Å²) in [5.41, 5.74) is 2.55. The average molecular weight is 290 g/mol. The predicted octanol–water partition coefficient (Wildman–Crippen LogP) is 3.09. The lowest BCUT2D eigenvalue weighted by Crippen LogP contribution is -2.31. The van der Waals surface area contributed by atoms with Crippen LogP contribution >= 0.6 is 27.5 Å². The first-order chi connectivity index (χ1) is 7.10. The lowest BCUT2D eigenvalue weighted by atomic mass is 9.95. The number of hydrogen-bond acceptors (Lipinski definition) is 2. The van der Waals surface area contributed by atoms with Crippen LogP contribution in [0.2, 0.25) is 5.02 Å². The third-order valence-electron chi connectivity index (χ3n) is 2.81. The number of benzene rings is 1. The normalized spacial score (nSPS) is 17.3. The zero-order valence-electron chi connectivity index (χ0n) is 7.85. The van der Waals surface area contributed by atoms with Crippen LogP contribution in [0.15, 0.2) is 22.7 Å². The van der Waals surface area contributed by atoms with Crippen molar-refractivity contribution in [3.63, 3.8) is 0 Å². The first-order valence-electron chi connectivity index (χ1n) is 4.55. The smallest absolute Gasteiger partial charge is 0.128 e. The SMILES string of the molecule is N=C(NO)C1(c2ccc(Br)c(Cl)c2)CC1. The zero-order valence-corrected chi connectivity index (χ0v) is 10.2. The molecule has 0 unspecified atom stereocenters. The summed E-state index contributed by atoms with van der Waals surface area (Å²) in [7, 11) is 0. The summed E-state index contributed by atoms with van der Waals surface area (Å²) in [6.07, 6.45) is 1.74. The molecule has 3 N–H and O–H groups in total. The molecule has 0 saturated heterocycles. The summed E-state index contributed by atoms with van der Waals surface area (Å²) < 4.78 is 0.840. The lowest BCUT2D eigenvalue weighted by Gasteiger charge is -2.16. The number of halogens is 2. The van der Waals surface area contributed by atoms with Gasteiger partial charge in [0, 0.05) is 4.47 Å². The van der Waals surface area contributed by atoms with E-state index in [-0.39, 0.29) is 11.3 Å². The lowest BCUT2D eigenvalue weighted by molar-refractivity contribution is 0.228. The van der Waals surface area contributed by atoms with Crippen LogP contribution in [0.3, 0.4) is 0 Å². The van der Waals surface area contributed by atoms with Crippen LogP contribution in [-0.4, -0.2) is 11.0 Å². The molecular weight excluding hydrogens is 279 g/mol. The highest BCUT2D eigenvalue weighted by molar-refractivity contribution is 9.10. The standard InChI is InChI=1S/C10H10BrClN2O/c11-7-2-1-6(5-8(7)12)10(3-4-10)9(13)14-15/h1-2,5,15H,3-4H2,(H2,13,14). The van der Waals surface area contributed by atoms with Crippen molar-refractivity contribution >= 4 is 33.4 Å². The van der Waals surface area contributed by atoms with E-state index in [1.807, 2.05) is 23.7 Å². The maximum Gasteiger partial charge on any atom is 0.128 e. The number of nitrogens with one attached hydrogen (secondary N) is 2. The van der Waals surface area contributed by atoms with Gasteiger partial charge in [-0.05, 0) is 46.5 Å². The van der Waals surface area contributed by atoms with Crippen LogP contribution in [0, 0.1) is 5.41 Å². The molecule has 0 atom stereocenters. The molecule has 1 saturated carbocycles. The highest BCUT2D eigenvalue weighted by Crippen LogP contribution is 2.49. The van der Waals surface area contributed by atoms with Gasteiger partial charge in [0.25, 0.3) is 0 Å². The largest absolute Gasteiger partial charge is 0.290 e. The van der Waals surface area contributed by atoms with Crippen LogP contribution in [0.25, 0.3) is 0 Å². The van der Waals surface area contributed by atoms with Crippen molar-refractivity contribution in [2.24, 2.45) is 0 Å². The fourth-order valence-corrected chi connectivity index (χ4v) is 2.14. The van der Waals surface area contributed by atoms with Crippen molar-refractivity contribution in [3.8, 4) is 0 Å². The van der Waals surface area contributed by atoms with Gasteiger partial charge in [0.2, 0.25) is 0 Å². The maximum atomic E-state index is 8.78. The minimum Gasteiger partial charge on any atom is -0.290 e. The predicted molar refractivity (Wildman–Crippen MR) is 62.7 cm³/mol. The van der Waals surface area contributed by atoms with Crippen molar-refractivity contribution < 1.29 is 5.21 Å². The molecule has 1 aliphatic carbocycles. The van der Waals surface area contributed by atoms with Crippen LogP contribution in [0.1, 0.15) is 18.4 Å². The van der Waals surface area contributed by atoms with E-state index >= 15 is 0 Å². The van der Waals surface area contributed by atoms with Crippen molar-refractivity contribution in [1.82, 2.24) is 5.48 Å². The van der Waals surface area contributed by atoms with E-state index in [4.69, 9.17) is 22.2 Å². The number of amidine groups is 1. The molecule has 15 heavy (non-hydrogen) atoms. The minimum absolute atomic E-state index is 0.140. The molecule has 0 bridgehead atoms. The molecule has 0 amide bonds. The Bertz CT molecular complexity index is 418. The second kappa shape index (κ2) is 3.77. The van der Waals surface area contributed by atoms with E-state index in [9.17, 15) is 0 Å². The number of hydroxylamine groups is 1. The molecule has 2 rings (SSSR count). The molecule has 0 spiro atoms. The summed E-state index contributed by atoms with van der Waals surface area (Å²) in [6.45, 7) is 0. The Labute approximate surface area is 101 Å². The van der Waals surface area contributed by atoms with E-state index < -0.39 is 0 Å². The van der Waals surface area contributed by atoms with Gasteiger partial charge < -0.3 is 0 Å². The van der Waals surface area contributed by atoms with E-state index in [1.165, 1.54) is 0 Å². The highest BCUT2D eigenvalue weighted by Gasteiger charge is 2.48. The minimum atomic E-state index is -0.348. The van der Waals surface area contributed by atoms with Crippen molar-refractivity contribution in [1.29, 1.82) is 5.41 Å². The second-order valence-corrected chi connectivity index (χ2v) is 4.96. The van der Waals surface area contributed by atoms with Gasteiger partial charge in [-0.15, -0.1) is 0 Å². The molecule has 1 aliphatic rings. The Hall–Kier alpha value is -0.580. The maximum absolute atomic E-state index is 8.78. The molecule has 3 nitrogen and oxygen atoms in total. The summed E-state index contributed by atoms with van der Waals surface area (Å²) in [4.78, 5) is 0. The summed E-state index contributed by atoms with van der Waals surface area (Å²) >= 11 is 9.32. The Balaban J connectivity index is 2.38. The topological polar surface area (TPSA) is 56.1 Å². The Morgan fingerprint density at radius 1 is 1.53 bits per heavy atom. The molecular formula is C10H10BrClN2O. The first-order valence-corrected chi connectivity index (χ1v) is 5.72. The van der Waals surface area contributed by atoms with Crippen molar-refractivity contribution in [2.45, 2.75) is 18.3 Å².